The van der Waals surface area contributed by atoms with Crippen LogP contribution in [0.4, 0.5) is 0 Å². The van der Waals surface area contributed by atoms with Crippen LogP contribution in [0, 0.1) is 25.7 Å². The topological polar surface area (TPSA) is 114 Å². The molecular formula is C39H46N6O. The van der Waals surface area contributed by atoms with Gasteiger partial charge in [-0.2, -0.15) is 0 Å². The van der Waals surface area contributed by atoms with Crippen molar-refractivity contribution in [2.24, 2.45) is 22.2 Å². The predicted octanol–water partition coefficient (Wildman–Crippen LogP) is 4.56. The Morgan fingerprint density at radius 3 is 2.41 bits per heavy atom. The molecule has 1 amide bonds. The van der Waals surface area contributed by atoms with Crippen LogP contribution in [0.1, 0.15) is 40.7 Å². The number of piperazine rings is 1. The maximum atomic E-state index is 14.1. The zero-order chi connectivity index (χ0) is 32.5. The van der Waals surface area contributed by atoms with Crippen molar-refractivity contribution < 1.29 is 4.79 Å². The second-order valence-electron chi connectivity index (χ2n) is 12.5. The van der Waals surface area contributed by atoms with Gasteiger partial charge in [0, 0.05) is 43.8 Å². The number of nitrogens with two attached hydrogens (primary N) is 3. The molecule has 7 heteroatoms. The summed E-state index contributed by atoms with van der Waals surface area (Å²) in [6, 6.07) is 31.1. The highest BCUT2D eigenvalue weighted by molar-refractivity contribution is 5.85. The molecule has 1 heterocycles. The van der Waals surface area contributed by atoms with E-state index in [2.05, 4.69) is 113 Å². The number of carbonyl (C=O) groups excluding carboxylic acids is 1. The number of carbonyl (C=O) groups is 1. The first-order valence-corrected chi connectivity index (χ1v) is 16.2. The molecular weight excluding hydrogens is 568 g/mol. The van der Waals surface area contributed by atoms with Crippen LogP contribution in [0.15, 0.2) is 96.0 Å². The van der Waals surface area contributed by atoms with E-state index in [-0.39, 0.29) is 30.0 Å². The van der Waals surface area contributed by atoms with E-state index in [0.29, 0.717) is 32.6 Å². The summed E-state index contributed by atoms with van der Waals surface area (Å²) in [5.41, 5.74) is 23.5. The van der Waals surface area contributed by atoms with Gasteiger partial charge in [0.1, 0.15) is 0 Å². The number of guanidine groups is 1. The Hall–Kier alpha value is -4.64. The average Bonchev–Trinajstić information content (AvgIpc) is 3.03. The third kappa shape index (κ3) is 8.97. The SMILES string of the molecule is Cc1ccc(C#C[C@@H](N)CN2C[C@@H](Cc3ccccc3)N(C(=O)Cc3ccc4ccccc4c3)C[C@@H]2CCCN=C(N)N)c(C)c1. The first-order chi connectivity index (χ1) is 22.2. The molecule has 5 rings (SSSR count). The number of nitrogens with zero attached hydrogens (tertiary/aromatic N) is 3. The largest absolute Gasteiger partial charge is 0.370 e. The van der Waals surface area contributed by atoms with E-state index in [1.165, 1.54) is 16.5 Å². The van der Waals surface area contributed by atoms with Crippen molar-refractivity contribution in [2.45, 2.75) is 57.7 Å². The lowest BCUT2D eigenvalue weighted by Crippen LogP contribution is -2.62. The first-order valence-electron chi connectivity index (χ1n) is 16.2. The molecule has 1 fully saturated rings. The molecule has 3 atom stereocenters. The van der Waals surface area contributed by atoms with Crippen molar-refractivity contribution in [2.75, 3.05) is 26.2 Å². The van der Waals surface area contributed by atoms with Crippen LogP contribution in [0.2, 0.25) is 0 Å². The van der Waals surface area contributed by atoms with Gasteiger partial charge in [0.05, 0.1) is 12.5 Å². The zero-order valence-corrected chi connectivity index (χ0v) is 27.0. The molecule has 0 saturated carbocycles. The van der Waals surface area contributed by atoms with E-state index in [1.54, 1.807) is 0 Å². The minimum absolute atomic E-state index is 0.00353. The van der Waals surface area contributed by atoms with Crippen molar-refractivity contribution in [1.29, 1.82) is 0 Å². The van der Waals surface area contributed by atoms with Crippen molar-refractivity contribution >= 4 is 22.6 Å². The molecule has 1 aliphatic rings. The summed E-state index contributed by atoms with van der Waals surface area (Å²) in [4.78, 5) is 22.9. The Morgan fingerprint density at radius 2 is 1.65 bits per heavy atom. The second-order valence-corrected chi connectivity index (χ2v) is 12.5. The number of amides is 1. The third-order valence-electron chi connectivity index (χ3n) is 8.81. The Labute approximate surface area is 273 Å². The molecule has 4 aromatic rings. The Bertz CT molecular complexity index is 1720. The zero-order valence-electron chi connectivity index (χ0n) is 27.0. The maximum Gasteiger partial charge on any atom is 0.227 e. The van der Waals surface area contributed by atoms with Crippen LogP contribution in [0.3, 0.4) is 0 Å². The van der Waals surface area contributed by atoms with Crippen molar-refractivity contribution in [3.8, 4) is 11.8 Å². The van der Waals surface area contributed by atoms with Crippen LogP contribution in [-0.2, 0) is 17.6 Å². The van der Waals surface area contributed by atoms with Gasteiger partial charge < -0.3 is 22.1 Å². The number of rotatable bonds is 10. The average molecular weight is 615 g/mol. The number of fused-ring (bicyclic) bond motifs is 1. The fourth-order valence-electron chi connectivity index (χ4n) is 6.46. The standard InChI is InChI=1S/C39H46N6O/c1-28-14-16-32(29(2)21-28)18-19-35(40)25-44-26-37(23-30-9-4-3-5-10-30)45(27-36(44)13-8-20-43-39(41)42)38(46)24-31-15-17-33-11-6-7-12-34(33)22-31/h3-7,9-12,14-17,21-22,35-37H,8,13,20,23-27,40H2,1-2H3,(H4,41,42,43)/t35-,36+,37-/m1/s1. The Kier molecular flexibility index (Phi) is 11.1. The summed E-state index contributed by atoms with van der Waals surface area (Å²) >= 11 is 0. The normalized spacial score (nSPS) is 17.2. The van der Waals surface area contributed by atoms with E-state index in [4.69, 9.17) is 17.2 Å². The van der Waals surface area contributed by atoms with Gasteiger partial charge in [0.15, 0.2) is 5.96 Å². The lowest BCUT2D eigenvalue weighted by Gasteiger charge is -2.47. The number of hydrogen-bond donors (Lipinski definition) is 3. The smallest absolute Gasteiger partial charge is 0.227 e. The molecule has 0 aliphatic carbocycles. The van der Waals surface area contributed by atoms with Gasteiger partial charge in [-0.25, -0.2) is 0 Å². The second kappa shape index (κ2) is 15.6. The summed E-state index contributed by atoms with van der Waals surface area (Å²) in [6.07, 6.45) is 2.77. The monoisotopic (exact) mass is 614 g/mol. The fraction of sp³-hybridized carbons (Fsp3) is 0.333. The summed E-state index contributed by atoms with van der Waals surface area (Å²) < 4.78 is 0. The maximum absolute atomic E-state index is 14.1. The summed E-state index contributed by atoms with van der Waals surface area (Å²) in [6.45, 7) is 6.65. The highest BCUT2D eigenvalue weighted by Gasteiger charge is 2.36. The minimum Gasteiger partial charge on any atom is -0.370 e. The molecule has 1 aliphatic heterocycles. The van der Waals surface area contributed by atoms with E-state index in [1.807, 2.05) is 18.2 Å². The molecule has 0 aromatic heterocycles. The van der Waals surface area contributed by atoms with E-state index in [9.17, 15) is 4.79 Å². The van der Waals surface area contributed by atoms with Gasteiger partial charge in [0.2, 0.25) is 5.91 Å². The molecule has 1 saturated heterocycles. The van der Waals surface area contributed by atoms with Crippen LogP contribution < -0.4 is 17.2 Å². The lowest BCUT2D eigenvalue weighted by molar-refractivity contribution is -0.137. The number of aliphatic imine (C=N–C) groups is 1. The van der Waals surface area contributed by atoms with Crippen LogP contribution in [-0.4, -0.2) is 66.0 Å². The van der Waals surface area contributed by atoms with Gasteiger partial charge in [-0.15, -0.1) is 0 Å². The molecule has 6 N–H and O–H groups in total. The molecule has 46 heavy (non-hydrogen) atoms. The quantitative estimate of drug-likeness (QED) is 0.105. The lowest BCUT2D eigenvalue weighted by atomic mass is 9.95. The third-order valence-corrected chi connectivity index (χ3v) is 8.81. The minimum atomic E-state index is -0.335. The van der Waals surface area contributed by atoms with E-state index < -0.39 is 0 Å². The van der Waals surface area contributed by atoms with E-state index >= 15 is 0 Å². The molecule has 0 bridgehead atoms. The highest BCUT2D eigenvalue weighted by atomic mass is 16.2. The molecule has 4 aromatic carbocycles. The number of aryl methyl sites for hydroxylation is 2. The van der Waals surface area contributed by atoms with Crippen LogP contribution in [0.25, 0.3) is 10.8 Å². The van der Waals surface area contributed by atoms with Gasteiger partial charge in [0.25, 0.3) is 0 Å². The van der Waals surface area contributed by atoms with Gasteiger partial charge in [-0.3, -0.25) is 14.7 Å². The molecule has 0 spiro atoms. The predicted molar refractivity (Wildman–Crippen MR) is 189 cm³/mol. The van der Waals surface area contributed by atoms with Crippen molar-refractivity contribution in [3.63, 3.8) is 0 Å². The van der Waals surface area contributed by atoms with Gasteiger partial charge in [-0.1, -0.05) is 102 Å². The molecule has 0 radical (unpaired) electrons. The molecule has 7 nitrogen and oxygen atoms in total. The van der Waals surface area contributed by atoms with Crippen molar-refractivity contribution in [1.82, 2.24) is 9.80 Å². The summed E-state index contributed by atoms with van der Waals surface area (Å²) in [5, 5.41) is 2.32. The fourth-order valence-corrected chi connectivity index (χ4v) is 6.46. The van der Waals surface area contributed by atoms with E-state index in [0.717, 1.165) is 41.3 Å². The van der Waals surface area contributed by atoms with Gasteiger partial charge in [-0.05, 0) is 66.6 Å². The summed E-state index contributed by atoms with van der Waals surface area (Å²) in [7, 11) is 0. The Balaban J connectivity index is 1.38. The first kappa shape index (κ1) is 32.7. The van der Waals surface area contributed by atoms with Crippen LogP contribution in [0.5, 0.6) is 0 Å². The van der Waals surface area contributed by atoms with Crippen molar-refractivity contribution in [3.05, 3.63) is 119 Å². The summed E-state index contributed by atoms with van der Waals surface area (Å²) in [5.74, 6) is 6.86. The number of hydrogen-bond acceptors (Lipinski definition) is 4. The Morgan fingerprint density at radius 1 is 0.891 bits per heavy atom. The highest BCUT2D eigenvalue weighted by Crippen LogP contribution is 2.24. The van der Waals surface area contributed by atoms with Gasteiger partial charge >= 0.3 is 0 Å². The van der Waals surface area contributed by atoms with Crippen LogP contribution >= 0.6 is 0 Å². The molecule has 0 unspecified atom stereocenters. The molecule has 238 valence electrons. The number of benzene rings is 4.